The molecule has 0 bridgehead atoms. The number of carboxylic acid groups (broad SMARTS) is 1. The highest BCUT2D eigenvalue weighted by Gasteiger charge is 2.32. The summed E-state index contributed by atoms with van der Waals surface area (Å²) in [6, 6.07) is 27.8. The van der Waals surface area contributed by atoms with Gasteiger partial charge in [0.05, 0.1) is 39.0 Å². The van der Waals surface area contributed by atoms with Crippen LogP contribution in [0.5, 0.6) is 11.5 Å². The molecular weight excluding hydrogens is 682 g/mol. The molecule has 0 spiro atoms. The highest BCUT2D eigenvalue weighted by molar-refractivity contribution is 9.10. The van der Waals surface area contributed by atoms with E-state index in [1.54, 1.807) is 67.1 Å². The van der Waals surface area contributed by atoms with Gasteiger partial charge in [0, 0.05) is 5.69 Å². The minimum atomic E-state index is -0.983. The van der Waals surface area contributed by atoms with E-state index in [4.69, 9.17) is 19.6 Å². The molecule has 4 aromatic carbocycles. The number of carbonyl (C=O) groups is 2. The molecule has 1 atom stereocenters. The number of hydrogen-bond acceptors (Lipinski definition) is 7. The summed E-state index contributed by atoms with van der Waals surface area (Å²) in [5, 5.41) is 12.1. The fourth-order valence-electron chi connectivity index (χ4n) is 5.21. The number of ether oxygens (including phenoxy) is 2. The maximum atomic E-state index is 14.1. The second kappa shape index (κ2) is 13.6. The maximum absolute atomic E-state index is 14.1. The van der Waals surface area contributed by atoms with Crippen LogP contribution in [0.1, 0.15) is 40.0 Å². The van der Waals surface area contributed by atoms with Gasteiger partial charge in [-0.3, -0.25) is 14.2 Å². The van der Waals surface area contributed by atoms with Crippen molar-refractivity contribution in [3.05, 3.63) is 155 Å². The van der Waals surface area contributed by atoms with Gasteiger partial charge in [0.15, 0.2) is 4.80 Å². The lowest BCUT2D eigenvalue weighted by atomic mass is 9.95. The van der Waals surface area contributed by atoms with Crippen molar-refractivity contribution in [1.82, 2.24) is 4.57 Å². The van der Waals surface area contributed by atoms with Gasteiger partial charge >= 0.3 is 5.97 Å². The SMILES string of the molecule is COc1ccc([C@H]2C(C(=O)Nc3ccccc3)=C(C)N=c3s/c(=C/c4ccc(OCc5ccc(C(=O)O)cc5)c(Br)c4)c(=O)n32)cc1. The number of anilines is 1. The monoisotopic (exact) mass is 709 g/mol. The lowest BCUT2D eigenvalue weighted by Gasteiger charge is -2.25. The highest BCUT2D eigenvalue weighted by Crippen LogP contribution is 2.32. The van der Waals surface area contributed by atoms with Crippen LogP contribution in [-0.4, -0.2) is 28.7 Å². The number of nitrogens with one attached hydrogen (secondary N) is 1. The number of aromatic nitrogens is 1. The molecule has 2 heterocycles. The Morgan fingerprint density at radius 1 is 1.02 bits per heavy atom. The molecule has 0 fully saturated rings. The van der Waals surface area contributed by atoms with Crippen molar-refractivity contribution < 1.29 is 24.2 Å². The fraction of sp³-hybridized carbons (Fsp3) is 0.111. The van der Waals surface area contributed by atoms with Crippen LogP contribution in [-0.2, 0) is 11.4 Å². The molecule has 0 saturated heterocycles. The predicted octanol–water partition coefficient (Wildman–Crippen LogP) is 5.92. The van der Waals surface area contributed by atoms with E-state index >= 15 is 0 Å². The minimum absolute atomic E-state index is 0.210. The Morgan fingerprint density at radius 2 is 1.74 bits per heavy atom. The number of rotatable bonds is 9. The molecule has 0 radical (unpaired) electrons. The summed E-state index contributed by atoms with van der Waals surface area (Å²) in [4.78, 5) is 44.1. The van der Waals surface area contributed by atoms with E-state index in [1.165, 1.54) is 23.5 Å². The summed E-state index contributed by atoms with van der Waals surface area (Å²) in [6.45, 7) is 2.03. The highest BCUT2D eigenvalue weighted by atomic mass is 79.9. The van der Waals surface area contributed by atoms with Crippen LogP contribution in [0.2, 0.25) is 0 Å². The molecule has 0 aliphatic carbocycles. The molecule has 47 heavy (non-hydrogen) atoms. The standard InChI is InChI=1S/C36H28BrN3O6S/c1-21-31(33(41)39-26-6-4-3-5-7-26)32(24-13-15-27(45-2)16-14-24)40-34(42)30(47-36(40)38-21)19-23-10-17-29(28(37)18-23)46-20-22-8-11-25(12-9-22)35(43)44/h3-19,32H,20H2,1-2H3,(H,39,41)(H,43,44)/b30-19+/t32-/m0/s1. The zero-order valence-corrected chi connectivity index (χ0v) is 27.7. The van der Waals surface area contributed by atoms with Gasteiger partial charge in [-0.2, -0.15) is 0 Å². The topological polar surface area (TPSA) is 119 Å². The van der Waals surface area contributed by atoms with Crippen molar-refractivity contribution in [2.45, 2.75) is 19.6 Å². The van der Waals surface area contributed by atoms with Crippen LogP contribution in [0.15, 0.2) is 123 Å². The molecule has 0 unspecified atom stereocenters. The zero-order valence-electron chi connectivity index (χ0n) is 25.3. The first kappa shape index (κ1) is 31.7. The quantitative estimate of drug-likeness (QED) is 0.196. The molecule has 11 heteroatoms. The number of carbonyl (C=O) groups excluding carboxylic acids is 1. The van der Waals surface area contributed by atoms with Gasteiger partial charge < -0.3 is 19.9 Å². The normalized spacial score (nSPS) is 14.3. The van der Waals surface area contributed by atoms with E-state index in [0.717, 1.165) is 16.7 Å². The summed E-state index contributed by atoms with van der Waals surface area (Å²) in [7, 11) is 1.58. The molecule has 1 amide bonds. The third-order valence-corrected chi connectivity index (χ3v) is 9.18. The van der Waals surface area contributed by atoms with Gasteiger partial charge in [-0.05, 0) is 94.2 Å². The third-order valence-electron chi connectivity index (χ3n) is 7.58. The minimum Gasteiger partial charge on any atom is -0.497 e. The Bertz CT molecular complexity index is 2190. The van der Waals surface area contributed by atoms with Gasteiger partial charge in [0.2, 0.25) is 0 Å². The number of amides is 1. The lowest BCUT2D eigenvalue weighted by Crippen LogP contribution is -2.40. The van der Waals surface area contributed by atoms with Crippen molar-refractivity contribution in [2.24, 2.45) is 4.99 Å². The maximum Gasteiger partial charge on any atom is 0.335 e. The number of halogens is 1. The number of hydrogen-bond donors (Lipinski definition) is 2. The predicted molar refractivity (Wildman–Crippen MR) is 184 cm³/mol. The molecular formula is C36H28BrN3O6S. The molecule has 0 saturated carbocycles. The van der Waals surface area contributed by atoms with Crippen molar-refractivity contribution in [1.29, 1.82) is 0 Å². The van der Waals surface area contributed by atoms with Crippen LogP contribution >= 0.6 is 27.3 Å². The van der Waals surface area contributed by atoms with Crippen molar-refractivity contribution in [3.63, 3.8) is 0 Å². The summed E-state index contributed by atoms with van der Waals surface area (Å²) >= 11 is 4.82. The van der Waals surface area contributed by atoms with Crippen LogP contribution in [0.3, 0.4) is 0 Å². The molecule has 6 rings (SSSR count). The summed E-state index contributed by atoms with van der Waals surface area (Å²) in [6.07, 6.45) is 1.79. The van der Waals surface area contributed by atoms with Gasteiger partial charge in [-0.1, -0.05) is 59.9 Å². The number of allylic oxidation sites excluding steroid dienone is 1. The van der Waals surface area contributed by atoms with Crippen LogP contribution < -0.4 is 29.7 Å². The largest absolute Gasteiger partial charge is 0.497 e. The first-order chi connectivity index (χ1) is 22.7. The second-order valence-corrected chi connectivity index (χ2v) is 12.5. The molecule has 1 aromatic heterocycles. The first-order valence-electron chi connectivity index (χ1n) is 14.5. The van der Waals surface area contributed by atoms with Gasteiger partial charge in [0.1, 0.15) is 18.1 Å². The lowest BCUT2D eigenvalue weighted by molar-refractivity contribution is -0.113. The van der Waals surface area contributed by atoms with Crippen molar-refractivity contribution in [2.75, 3.05) is 12.4 Å². The van der Waals surface area contributed by atoms with Crippen LogP contribution in [0, 0.1) is 0 Å². The number of methoxy groups -OCH3 is 1. The number of benzene rings is 4. The summed E-state index contributed by atoms with van der Waals surface area (Å²) in [5.74, 6) is -0.0742. The van der Waals surface area contributed by atoms with Crippen LogP contribution in [0.4, 0.5) is 5.69 Å². The number of aromatic carboxylic acids is 1. The van der Waals surface area contributed by atoms with Crippen molar-refractivity contribution in [3.8, 4) is 11.5 Å². The van der Waals surface area contributed by atoms with Gasteiger partial charge in [0.25, 0.3) is 11.5 Å². The molecule has 9 nitrogen and oxygen atoms in total. The second-order valence-electron chi connectivity index (χ2n) is 10.7. The number of thiazole rings is 1. The van der Waals surface area contributed by atoms with E-state index in [0.29, 0.717) is 42.3 Å². The zero-order chi connectivity index (χ0) is 33.1. The Morgan fingerprint density at radius 3 is 2.40 bits per heavy atom. The molecule has 5 aromatic rings. The average Bonchev–Trinajstić information content (AvgIpc) is 3.37. The van der Waals surface area contributed by atoms with Crippen LogP contribution in [0.25, 0.3) is 6.08 Å². The molecule has 1 aliphatic rings. The van der Waals surface area contributed by atoms with E-state index in [-0.39, 0.29) is 23.6 Å². The van der Waals surface area contributed by atoms with E-state index in [1.807, 2.05) is 42.5 Å². The third kappa shape index (κ3) is 6.81. The van der Waals surface area contributed by atoms with E-state index in [2.05, 4.69) is 21.2 Å². The van der Waals surface area contributed by atoms with Gasteiger partial charge in [-0.15, -0.1) is 0 Å². The average molecular weight is 711 g/mol. The summed E-state index contributed by atoms with van der Waals surface area (Å²) in [5.41, 5.74) is 3.80. The molecule has 236 valence electrons. The van der Waals surface area contributed by atoms with Crippen molar-refractivity contribution >= 4 is 50.9 Å². The first-order valence-corrected chi connectivity index (χ1v) is 16.1. The number of carboxylic acids is 1. The fourth-order valence-corrected chi connectivity index (χ4v) is 6.77. The van der Waals surface area contributed by atoms with Gasteiger partial charge in [-0.25, -0.2) is 9.79 Å². The Hall–Kier alpha value is -5.26. The Kier molecular flexibility index (Phi) is 9.19. The van der Waals surface area contributed by atoms with E-state index in [9.17, 15) is 14.4 Å². The summed E-state index contributed by atoms with van der Waals surface area (Å²) < 4.78 is 14.0. The Balaban J connectivity index is 1.33. The molecule has 2 N–H and O–H groups in total. The smallest absolute Gasteiger partial charge is 0.335 e. The Labute approximate surface area is 281 Å². The number of fused-ring (bicyclic) bond motifs is 1. The number of para-hydroxylation sites is 1. The number of nitrogens with zero attached hydrogens (tertiary/aromatic N) is 2. The van der Waals surface area contributed by atoms with E-state index < -0.39 is 12.0 Å². The molecule has 1 aliphatic heterocycles.